The third-order valence-electron chi connectivity index (χ3n) is 1.33. The van der Waals surface area contributed by atoms with Crippen LogP contribution in [-0.2, 0) is 4.74 Å². The Balaban J connectivity index is 3.00. The van der Waals surface area contributed by atoms with Gasteiger partial charge in [0.2, 0.25) is 5.72 Å². The number of ether oxygens (including phenoxy) is 1. The van der Waals surface area contributed by atoms with Crippen molar-refractivity contribution in [3.05, 3.63) is 23.9 Å². The molecule has 7 N–H and O–H groups in total. The summed E-state index contributed by atoms with van der Waals surface area (Å²) in [6, 6.07) is 0. The predicted octanol–water partition coefficient (Wildman–Crippen LogP) is -0.551. The number of nitrogens with two attached hydrogens (primary N) is 2. The summed E-state index contributed by atoms with van der Waals surface area (Å²) >= 11 is 0. The van der Waals surface area contributed by atoms with E-state index < -0.39 is 17.5 Å². The number of rotatable bonds is 1. The largest absolute Gasteiger partial charge is 0.508 e. The van der Waals surface area contributed by atoms with E-state index in [1.54, 1.807) is 0 Å². The summed E-state index contributed by atoms with van der Waals surface area (Å²) in [7, 11) is 0. The minimum Gasteiger partial charge on any atom is -0.508 e. The minimum absolute atomic E-state index is 0.295. The fourth-order valence-electron chi connectivity index (χ4n) is 0.753. The SMILES string of the molecule is N=C(N)C1(N)C=C(O)C=C(O)O1. The molecule has 0 saturated heterocycles. The van der Waals surface area contributed by atoms with Crippen molar-refractivity contribution >= 4 is 5.84 Å². The summed E-state index contributed by atoms with van der Waals surface area (Å²) in [5, 5.41) is 24.8. The Labute approximate surface area is 68.2 Å². The van der Waals surface area contributed by atoms with Crippen molar-refractivity contribution in [3.63, 3.8) is 0 Å². The van der Waals surface area contributed by atoms with Gasteiger partial charge in [-0.3, -0.25) is 11.1 Å². The number of allylic oxidation sites excluding steroid dienone is 1. The van der Waals surface area contributed by atoms with Gasteiger partial charge < -0.3 is 20.7 Å². The van der Waals surface area contributed by atoms with Crippen LogP contribution in [0.25, 0.3) is 0 Å². The molecule has 66 valence electrons. The maximum absolute atomic E-state index is 8.98. The zero-order valence-electron chi connectivity index (χ0n) is 6.11. The Hall–Kier alpha value is -1.69. The van der Waals surface area contributed by atoms with Crippen LogP contribution in [0.4, 0.5) is 0 Å². The third kappa shape index (κ3) is 1.32. The van der Waals surface area contributed by atoms with Crippen LogP contribution in [0.15, 0.2) is 23.9 Å². The summed E-state index contributed by atoms with van der Waals surface area (Å²) in [5.41, 5.74) is 8.69. The average molecular weight is 171 g/mol. The normalized spacial score (nSPS) is 28.4. The standard InChI is InChI=1S/C6H9N3O3/c7-5(8)6(9)2-3(10)1-4(11)12-6/h1-2,10-11H,9H2,(H3,7,8). The quantitative estimate of drug-likeness (QED) is 0.267. The van der Waals surface area contributed by atoms with E-state index in [0.717, 1.165) is 12.2 Å². The van der Waals surface area contributed by atoms with Gasteiger partial charge in [-0.05, 0) is 0 Å². The first-order valence-corrected chi connectivity index (χ1v) is 3.09. The van der Waals surface area contributed by atoms with Crippen LogP contribution in [0.2, 0.25) is 0 Å². The Morgan fingerprint density at radius 3 is 2.58 bits per heavy atom. The van der Waals surface area contributed by atoms with Crippen LogP contribution in [0.5, 0.6) is 0 Å². The van der Waals surface area contributed by atoms with E-state index in [2.05, 4.69) is 4.74 Å². The van der Waals surface area contributed by atoms with Crippen molar-refractivity contribution in [2.45, 2.75) is 5.72 Å². The van der Waals surface area contributed by atoms with E-state index in [-0.39, 0.29) is 5.76 Å². The van der Waals surface area contributed by atoms with Gasteiger partial charge >= 0.3 is 0 Å². The molecule has 0 spiro atoms. The van der Waals surface area contributed by atoms with Crippen LogP contribution >= 0.6 is 0 Å². The molecule has 0 amide bonds. The van der Waals surface area contributed by atoms with Gasteiger partial charge in [0.05, 0.1) is 6.08 Å². The molecule has 6 heteroatoms. The molecule has 0 aromatic heterocycles. The first-order chi connectivity index (χ1) is 5.44. The van der Waals surface area contributed by atoms with Crippen molar-refractivity contribution in [1.29, 1.82) is 5.41 Å². The summed E-state index contributed by atoms with van der Waals surface area (Å²) in [6.45, 7) is 0. The molecule has 12 heavy (non-hydrogen) atoms. The summed E-state index contributed by atoms with van der Waals surface area (Å²) in [5.74, 6) is -1.38. The molecule has 0 saturated carbocycles. The van der Waals surface area contributed by atoms with Crippen molar-refractivity contribution < 1.29 is 14.9 Å². The molecule has 0 bridgehead atoms. The topological polar surface area (TPSA) is 126 Å². The van der Waals surface area contributed by atoms with Gasteiger partial charge in [-0.15, -0.1) is 0 Å². The van der Waals surface area contributed by atoms with Crippen molar-refractivity contribution in [2.75, 3.05) is 0 Å². The van der Waals surface area contributed by atoms with E-state index in [1.807, 2.05) is 0 Å². The molecule has 1 rings (SSSR count). The van der Waals surface area contributed by atoms with E-state index >= 15 is 0 Å². The lowest BCUT2D eigenvalue weighted by Gasteiger charge is -2.27. The molecule has 1 aliphatic rings. The highest BCUT2D eigenvalue weighted by Gasteiger charge is 2.33. The number of nitrogens with one attached hydrogen (secondary N) is 1. The van der Waals surface area contributed by atoms with Crippen LogP contribution in [0.3, 0.4) is 0 Å². The van der Waals surface area contributed by atoms with Gasteiger partial charge in [0.25, 0.3) is 5.95 Å². The third-order valence-corrected chi connectivity index (χ3v) is 1.33. The highest BCUT2D eigenvalue weighted by atomic mass is 16.6. The lowest BCUT2D eigenvalue weighted by molar-refractivity contribution is 0.0172. The van der Waals surface area contributed by atoms with Gasteiger partial charge in [-0.25, -0.2) is 0 Å². The van der Waals surface area contributed by atoms with Gasteiger partial charge in [0.1, 0.15) is 5.76 Å². The number of hydrogen-bond donors (Lipinski definition) is 5. The maximum atomic E-state index is 8.98. The van der Waals surface area contributed by atoms with Crippen LogP contribution in [0.1, 0.15) is 0 Å². The van der Waals surface area contributed by atoms with E-state index in [9.17, 15) is 0 Å². The molecular formula is C6H9N3O3. The lowest BCUT2D eigenvalue weighted by atomic mass is 10.1. The molecule has 6 nitrogen and oxygen atoms in total. The first kappa shape index (κ1) is 8.41. The second-order valence-corrected chi connectivity index (χ2v) is 2.36. The highest BCUT2D eigenvalue weighted by molar-refractivity contribution is 5.88. The van der Waals surface area contributed by atoms with Gasteiger partial charge in [-0.1, -0.05) is 0 Å². The van der Waals surface area contributed by atoms with Gasteiger partial charge in [0.15, 0.2) is 5.84 Å². The maximum Gasteiger partial charge on any atom is 0.282 e. The molecular weight excluding hydrogens is 162 g/mol. The fourth-order valence-corrected chi connectivity index (χ4v) is 0.753. The Morgan fingerprint density at radius 2 is 2.17 bits per heavy atom. The minimum atomic E-state index is -1.75. The van der Waals surface area contributed by atoms with E-state index in [0.29, 0.717) is 0 Å². The van der Waals surface area contributed by atoms with Crippen LogP contribution in [0, 0.1) is 5.41 Å². The van der Waals surface area contributed by atoms with Gasteiger partial charge in [-0.2, -0.15) is 0 Å². The van der Waals surface area contributed by atoms with Crippen LogP contribution in [-0.4, -0.2) is 21.8 Å². The predicted molar refractivity (Wildman–Crippen MR) is 41.3 cm³/mol. The molecule has 1 atom stereocenters. The van der Waals surface area contributed by atoms with Crippen molar-refractivity contribution in [1.82, 2.24) is 0 Å². The molecule has 0 aromatic rings. The number of amidine groups is 1. The van der Waals surface area contributed by atoms with E-state index in [4.69, 9.17) is 27.1 Å². The molecule has 1 aliphatic heterocycles. The van der Waals surface area contributed by atoms with Crippen molar-refractivity contribution in [2.24, 2.45) is 11.5 Å². The number of hydrogen-bond acceptors (Lipinski definition) is 5. The summed E-state index contributed by atoms with van der Waals surface area (Å²) < 4.78 is 4.61. The monoisotopic (exact) mass is 171 g/mol. The molecule has 0 radical (unpaired) electrons. The Bertz CT molecular complexity index is 284. The Morgan fingerprint density at radius 1 is 1.58 bits per heavy atom. The zero-order chi connectivity index (χ0) is 9.35. The fraction of sp³-hybridized carbons (Fsp3) is 0.167. The second-order valence-electron chi connectivity index (χ2n) is 2.36. The Kier molecular flexibility index (Phi) is 1.69. The number of aliphatic hydroxyl groups is 2. The smallest absolute Gasteiger partial charge is 0.282 e. The van der Waals surface area contributed by atoms with E-state index in [1.165, 1.54) is 0 Å². The second kappa shape index (κ2) is 2.42. The van der Waals surface area contributed by atoms with Crippen molar-refractivity contribution in [3.8, 4) is 0 Å². The molecule has 0 aromatic carbocycles. The highest BCUT2D eigenvalue weighted by Crippen LogP contribution is 2.18. The lowest BCUT2D eigenvalue weighted by Crippen LogP contribution is -2.53. The summed E-state index contributed by atoms with van der Waals surface area (Å²) in [6.07, 6.45) is 1.98. The number of aliphatic hydroxyl groups excluding tert-OH is 2. The van der Waals surface area contributed by atoms with Crippen LogP contribution < -0.4 is 11.5 Å². The molecule has 1 unspecified atom stereocenters. The average Bonchev–Trinajstić information content (AvgIpc) is 1.82. The molecule has 0 fully saturated rings. The zero-order valence-corrected chi connectivity index (χ0v) is 6.11. The summed E-state index contributed by atoms with van der Waals surface area (Å²) in [4.78, 5) is 0. The molecule has 0 aliphatic carbocycles. The van der Waals surface area contributed by atoms with Gasteiger partial charge in [0, 0.05) is 6.08 Å². The first-order valence-electron chi connectivity index (χ1n) is 3.09. The molecule has 1 heterocycles.